The van der Waals surface area contributed by atoms with Crippen LogP contribution in [0.15, 0.2) is 237 Å². The van der Waals surface area contributed by atoms with Gasteiger partial charge in [0.25, 0.3) is 0 Å². The predicted octanol–water partition coefficient (Wildman–Crippen LogP) is 18.7. The molecule has 0 bridgehead atoms. The molecule has 2 aromatic heterocycles. The Bertz CT molecular complexity index is 3420. The molecule has 0 N–H and O–H groups in total. The Morgan fingerprint density at radius 2 is 0.828 bits per heavy atom. The summed E-state index contributed by atoms with van der Waals surface area (Å²) in [4.78, 5) is 2.49. The van der Waals surface area contributed by atoms with Crippen LogP contribution in [-0.4, -0.2) is 0 Å². The number of hydrogen-bond donors (Lipinski definition) is 0. The van der Waals surface area contributed by atoms with Crippen LogP contribution >= 0.6 is 22.7 Å². The second-order valence-electron chi connectivity index (χ2n) is 16.1. The molecule has 1 nitrogen and oxygen atoms in total. The Morgan fingerprint density at radius 3 is 1.36 bits per heavy atom. The molecule has 2 heterocycles. The van der Waals surface area contributed by atoms with Crippen molar-refractivity contribution in [2.45, 2.75) is 6.92 Å². The third-order valence-electron chi connectivity index (χ3n) is 12.3. The normalized spacial score (nSPS) is 11.9. The van der Waals surface area contributed by atoms with Gasteiger partial charge in [0.05, 0.1) is 5.69 Å². The average molecular weight is 854 g/mol. The highest BCUT2D eigenvalue weighted by atomic mass is 32.1. The van der Waals surface area contributed by atoms with E-state index < -0.39 is 0 Å². The second-order valence-corrected chi connectivity index (χ2v) is 18.2. The summed E-state index contributed by atoms with van der Waals surface area (Å²) in [7, 11) is 0. The maximum Gasteiger partial charge on any atom is 0.0619 e. The van der Waals surface area contributed by atoms with Crippen molar-refractivity contribution >= 4 is 85.7 Å². The highest BCUT2D eigenvalue weighted by Crippen LogP contribution is 2.52. The minimum Gasteiger partial charge on any atom is -0.309 e. The van der Waals surface area contributed by atoms with Crippen molar-refractivity contribution in [1.29, 1.82) is 0 Å². The van der Waals surface area contributed by atoms with Gasteiger partial charge >= 0.3 is 0 Å². The molecule has 0 atom stereocenters. The van der Waals surface area contributed by atoms with Crippen LogP contribution in [-0.2, 0) is 0 Å². The van der Waals surface area contributed by atoms with Crippen LogP contribution in [0.25, 0.3) is 90.4 Å². The Balaban J connectivity index is 1.15. The van der Waals surface area contributed by atoms with Gasteiger partial charge in [0.2, 0.25) is 0 Å². The van der Waals surface area contributed by atoms with Crippen molar-refractivity contribution in [2.75, 3.05) is 4.90 Å². The van der Waals surface area contributed by atoms with E-state index in [-0.39, 0.29) is 0 Å². The quantitative estimate of drug-likeness (QED) is 0.124. The van der Waals surface area contributed by atoms with Gasteiger partial charge in [0.15, 0.2) is 0 Å². The molecule has 0 saturated carbocycles. The number of fused-ring (bicyclic) bond motifs is 6. The van der Waals surface area contributed by atoms with Crippen LogP contribution in [0.5, 0.6) is 0 Å². The molecule has 0 amide bonds. The molecule has 0 aliphatic carbocycles. The van der Waals surface area contributed by atoms with Gasteiger partial charge < -0.3 is 4.90 Å². The molecule has 11 aromatic rings. The van der Waals surface area contributed by atoms with Gasteiger partial charge in [-0.15, -0.1) is 22.7 Å². The maximum absolute atomic E-state index is 3.85. The molecule has 0 saturated heterocycles. The van der Waals surface area contributed by atoms with Crippen molar-refractivity contribution in [2.24, 2.45) is 0 Å². The summed E-state index contributed by atoms with van der Waals surface area (Å²) in [6.45, 7) is 6.01. The van der Waals surface area contributed by atoms with E-state index in [9.17, 15) is 0 Å². The maximum atomic E-state index is 3.85. The standard InChI is InChI=1S/C61H43NS2/c1-3-4-6-16-41(2)42-33-37-47(38-34-42)62(48-39-35-46(36-40-48)45-31-29-44(30-32-45)43-17-7-5-8-18-43)59-51(55-25-14-23-53-49-19-9-11-27-57(49)63-60(53)55)21-13-22-52(59)56-26-15-24-54-50-20-10-12-28-58(50)64-61(54)56/h3-40H,1H2,2H3/b6-4-,41-16+. The van der Waals surface area contributed by atoms with E-state index in [2.05, 4.69) is 231 Å². The zero-order chi connectivity index (χ0) is 43.0. The Morgan fingerprint density at radius 1 is 0.406 bits per heavy atom. The predicted molar refractivity (Wildman–Crippen MR) is 282 cm³/mol. The van der Waals surface area contributed by atoms with Crippen LogP contribution in [0.2, 0.25) is 0 Å². The van der Waals surface area contributed by atoms with Crippen LogP contribution in [0.1, 0.15) is 12.5 Å². The SMILES string of the molecule is C=C/C=C\C=C(/C)c1ccc(N(c2ccc(-c3ccc(-c4ccccc4)cc3)cc2)c2c(-c3cccc4c3sc3ccccc34)cccc2-c2cccc3c2sc2ccccc23)cc1. The summed E-state index contributed by atoms with van der Waals surface area (Å²) in [6, 6.07) is 75.8. The van der Waals surface area contributed by atoms with Crippen molar-refractivity contribution in [1.82, 2.24) is 0 Å². The highest BCUT2D eigenvalue weighted by molar-refractivity contribution is 7.26. The van der Waals surface area contributed by atoms with E-state index in [1.54, 1.807) is 0 Å². The summed E-state index contributed by atoms with van der Waals surface area (Å²) in [5.41, 5.74) is 15.3. The Labute approximate surface area is 382 Å². The van der Waals surface area contributed by atoms with E-state index in [0.717, 1.165) is 17.1 Å². The molecule has 0 radical (unpaired) electrons. The van der Waals surface area contributed by atoms with E-state index in [0.29, 0.717) is 0 Å². The van der Waals surface area contributed by atoms with Crippen LogP contribution in [0.4, 0.5) is 17.1 Å². The first-order valence-electron chi connectivity index (χ1n) is 21.7. The smallest absolute Gasteiger partial charge is 0.0619 e. The molecule has 11 rings (SSSR count). The molecule has 3 heteroatoms. The summed E-state index contributed by atoms with van der Waals surface area (Å²) in [5.74, 6) is 0. The van der Waals surface area contributed by atoms with Gasteiger partial charge in [-0.1, -0.05) is 201 Å². The van der Waals surface area contributed by atoms with E-state index in [1.807, 2.05) is 40.9 Å². The molecule has 0 fully saturated rings. The molecule has 304 valence electrons. The molecule has 0 unspecified atom stereocenters. The van der Waals surface area contributed by atoms with Gasteiger partial charge in [-0.3, -0.25) is 0 Å². The highest BCUT2D eigenvalue weighted by Gasteiger charge is 2.25. The second kappa shape index (κ2) is 17.0. The lowest BCUT2D eigenvalue weighted by molar-refractivity contribution is 1.28. The fourth-order valence-corrected chi connectivity index (χ4v) is 11.5. The number of thiophene rings is 2. The van der Waals surface area contributed by atoms with Gasteiger partial charge in [0, 0.05) is 74.0 Å². The van der Waals surface area contributed by atoms with E-state index in [4.69, 9.17) is 0 Å². The lowest BCUT2D eigenvalue weighted by Gasteiger charge is -2.31. The average Bonchev–Trinajstić information content (AvgIpc) is 3.94. The molecule has 0 aliphatic rings. The Kier molecular flexibility index (Phi) is 10.4. The largest absolute Gasteiger partial charge is 0.309 e. The number of nitrogens with zero attached hydrogens (tertiary/aromatic N) is 1. The van der Waals surface area contributed by atoms with Gasteiger partial charge in [-0.25, -0.2) is 0 Å². The van der Waals surface area contributed by atoms with E-state index >= 15 is 0 Å². The fourth-order valence-electron chi connectivity index (χ4n) is 9.08. The van der Waals surface area contributed by atoms with Gasteiger partial charge in [-0.2, -0.15) is 0 Å². The monoisotopic (exact) mass is 853 g/mol. The first-order valence-corrected chi connectivity index (χ1v) is 23.3. The zero-order valence-corrected chi connectivity index (χ0v) is 37.0. The number of allylic oxidation sites excluding steroid dienone is 5. The van der Waals surface area contributed by atoms with Crippen molar-refractivity contribution in [3.05, 3.63) is 243 Å². The fraction of sp³-hybridized carbons (Fsp3) is 0.0164. The third kappa shape index (κ3) is 7.15. The minimum absolute atomic E-state index is 1.08. The molecule has 0 aliphatic heterocycles. The third-order valence-corrected chi connectivity index (χ3v) is 14.7. The summed E-state index contributed by atoms with van der Waals surface area (Å²) < 4.78 is 5.17. The van der Waals surface area contributed by atoms with Crippen LogP contribution in [0.3, 0.4) is 0 Å². The van der Waals surface area contributed by atoms with E-state index in [1.165, 1.54) is 96.0 Å². The number of anilines is 3. The molecule has 0 spiro atoms. The van der Waals surface area contributed by atoms with Crippen molar-refractivity contribution < 1.29 is 0 Å². The molecular formula is C61H43NS2. The van der Waals surface area contributed by atoms with Gasteiger partial charge in [-0.05, 0) is 76.7 Å². The molecular weight excluding hydrogens is 811 g/mol. The number of benzene rings is 9. The molecule has 9 aromatic carbocycles. The van der Waals surface area contributed by atoms with Crippen molar-refractivity contribution in [3.8, 4) is 44.5 Å². The van der Waals surface area contributed by atoms with Crippen LogP contribution in [0, 0.1) is 0 Å². The topological polar surface area (TPSA) is 3.24 Å². The molecule has 64 heavy (non-hydrogen) atoms. The summed E-state index contributed by atoms with van der Waals surface area (Å²) >= 11 is 3.76. The lowest BCUT2D eigenvalue weighted by Crippen LogP contribution is -2.13. The first kappa shape index (κ1) is 39.3. The minimum atomic E-state index is 1.08. The summed E-state index contributed by atoms with van der Waals surface area (Å²) in [6.07, 6.45) is 7.96. The Hall–Kier alpha value is -7.56. The van der Waals surface area contributed by atoms with Gasteiger partial charge in [0.1, 0.15) is 0 Å². The summed E-state index contributed by atoms with van der Waals surface area (Å²) in [5, 5.41) is 5.16. The first-order chi connectivity index (χ1) is 31.6. The number of rotatable bonds is 10. The van der Waals surface area contributed by atoms with Crippen molar-refractivity contribution in [3.63, 3.8) is 0 Å². The zero-order valence-electron chi connectivity index (χ0n) is 35.4. The number of hydrogen-bond acceptors (Lipinski definition) is 3. The lowest BCUT2D eigenvalue weighted by atomic mass is 9.92. The number of para-hydroxylation sites is 1. The van der Waals surface area contributed by atoms with Crippen LogP contribution < -0.4 is 4.90 Å².